The fourth-order valence-corrected chi connectivity index (χ4v) is 3.03. The SMILES string of the molecule is CN=C(NCc1coc(-c2ccccc2)n1)NCC1CN(C)CCN1C.I. The number of guanidine groups is 1. The Morgan fingerprint density at radius 1 is 1.22 bits per heavy atom. The van der Waals surface area contributed by atoms with Gasteiger partial charge in [0.05, 0.1) is 12.2 Å². The number of nitrogens with zero attached hydrogens (tertiary/aromatic N) is 4. The van der Waals surface area contributed by atoms with Crippen LogP contribution in [-0.4, -0.2) is 74.1 Å². The van der Waals surface area contributed by atoms with Crippen molar-refractivity contribution < 1.29 is 4.42 Å². The monoisotopic (exact) mass is 484 g/mol. The second-order valence-electron chi connectivity index (χ2n) is 6.71. The summed E-state index contributed by atoms with van der Waals surface area (Å²) < 4.78 is 5.57. The standard InChI is InChI=1S/C19H28N6O.HI/c1-20-19(22-12-17-13-24(2)9-10-25(17)3)21-11-16-14-26-18(23-16)15-7-5-4-6-8-15;/h4-8,14,17H,9-13H2,1-3H3,(H2,20,21,22);1H. The molecule has 27 heavy (non-hydrogen) atoms. The van der Waals surface area contributed by atoms with Crippen LogP contribution in [0.2, 0.25) is 0 Å². The molecule has 0 amide bonds. The van der Waals surface area contributed by atoms with Gasteiger partial charge < -0.3 is 20.0 Å². The van der Waals surface area contributed by atoms with Crippen LogP contribution in [0.1, 0.15) is 5.69 Å². The predicted molar refractivity (Wildman–Crippen MR) is 119 cm³/mol. The third-order valence-electron chi connectivity index (χ3n) is 4.72. The molecule has 1 saturated heterocycles. The molecule has 148 valence electrons. The molecule has 1 aromatic carbocycles. The number of piperazine rings is 1. The minimum atomic E-state index is 0. The Balaban J connectivity index is 0.00000261. The zero-order valence-corrected chi connectivity index (χ0v) is 18.5. The maximum atomic E-state index is 5.57. The maximum Gasteiger partial charge on any atom is 0.226 e. The first-order valence-electron chi connectivity index (χ1n) is 8.99. The molecule has 1 aromatic heterocycles. The molecule has 0 bridgehead atoms. The highest BCUT2D eigenvalue weighted by atomic mass is 127. The van der Waals surface area contributed by atoms with Crippen LogP contribution >= 0.6 is 24.0 Å². The lowest BCUT2D eigenvalue weighted by atomic mass is 10.2. The predicted octanol–water partition coefficient (Wildman–Crippen LogP) is 1.87. The largest absolute Gasteiger partial charge is 0.444 e. The number of likely N-dealkylation sites (N-methyl/N-ethyl adjacent to an activating group) is 2. The van der Waals surface area contributed by atoms with E-state index in [1.54, 1.807) is 13.3 Å². The van der Waals surface area contributed by atoms with Crippen molar-refractivity contribution in [1.82, 2.24) is 25.4 Å². The van der Waals surface area contributed by atoms with Crippen molar-refractivity contribution in [2.45, 2.75) is 12.6 Å². The summed E-state index contributed by atoms with van der Waals surface area (Å²) in [6.07, 6.45) is 1.69. The van der Waals surface area contributed by atoms with Gasteiger partial charge in [0.1, 0.15) is 6.26 Å². The van der Waals surface area contributed by atoms with Gasteiger partial charge in [-0.1, -0.05) is 18.2 Å². The van der Waals surface area contributed by atoms with Crippen LogP contribution in [-0.2, 0) is 6.54 Å². The number of rotatable bonds is 5. The Morgan fingerprint density at radius 3 is 2.74 bits per heavy atom. The van der Waals surface area contributed by atoms with E-state index in [0.29, 0.717) is 18.5 Å². The fraction of sp³-hybridized carbons (Fsp3) is 0.474. The highest BCUT2D eigenvalue weighted by Gasteiger charge is 2.22. The number of halogens is 1. The highest BCUT2D eigenvalue weighted by molar-refractivity contribution is 14.0. The summed E-state index contributed by atoms with van der Waals surface area (Å²) in [6.45, 7) is 4.70. The Hall–Kier alpha value is -1.65. The molecule has 0 aliphatic carbocycles. The van der Waals surface area contributed by atoms with Crippen LogP contribution in [0.15, 0.2) is 46.0 Å². The number of hydrogen-bond donors (Lipinski definition) is 2. The van der Waals surface area contributed by atoms with Crippen molar-refractivity contribution in [3.63, 3.8) is 0 Å². The van der Waals surface area contributed by atoms with Crippen LogP contribution in [0.5, 0.6) is 0 Å². The first-order chi connectivity index (χ1) is 12.7. The molecule has 1 unspecified atom stereocenters. The van der Waals surface area contributed by atoms with E-state index in [0.717, 1.165) is 43.4 Å². The zero-order valence-electron chi connectivity index (χ0n) is 16.2. The van der Waals surface area contributed by atoms with Crippen molar-refractivity contribution in [3.8, 4) is 11.5 Å². The molecule has 1 aliphatic heterocycles. The lowest BCUT2D eigenvalue weighted by molar-refractivity contribution is 0.116. The van der Waals surface area contributed by atoms with Crippen LogP contribution < -0.4 is 10.6 Å². The zero-order chi connectivity index (χ0) is 18.4. The summed E-state index contributed by atoms with van der Waals surface area (Å²) in [5.74, 6) is 1.41. The molecule has 2 N–H and O–H groups in total. The molecular formula is C19H29IN6O. The Morgan fingerprint density at radius 2 is 2.00 bits per heavy atom. The number of oxazole rings is 1. The minimum Gasteiger partial charge on any atom is -0.444 e. The average molecular weight is 484 g/mol. The van der Waals surface area contributed by atoms with E-state index in [1.165, 1.54) is 0 Å². The molecule has 1 aliphatic rings. The Kier molecular flexibility index (Phi) is 8.52. The van der Waals surface area contributed by atoms with E-state index in [2.05, 4.69) is 44.5 Å². The molecule has 3 rings (SSSR count). The van der Waals surface area contributed by atoms with Gasteiger partial charge in [0.25, 0.3) is 0 Å². The third kappa shape index (κ3) is 6.18. The third-order valence-corrected chi connectivity index (χ3v) is 4.72. The molecule has 7 nitrogen and oxygen atoms in total. The minimum absolute atomic E-state index is 0. The van der Waals surface area contributed by atoms with Crippen LogP contribution in [0.25, 0.3) is 11.5 Å². The molecule has 1 atom stereocenters. The molecular weight excluding hydrogens is 455 g/mol. The lowest BCUT2D eigenvalue weighted by Gasteiger charge is -2.37. The molecule has 0 spiro atoms. The quantitative estimate of drug-likeness (QED) is 0.384. The van der Waals surface area contributed by atoms with Gasteiger partial charge in [0, 0.05) is 44.8 Å². The van der Waals surface area contributed by atoms with Crippen molar-refractivity contribution in [2.75, 3.05) is 47.3 Å². The van der Waals surface area contributed by atoms with Gasteiger partial charge in [0.15, 0.2) is 5.96 Å². The Labute approximate surface area is 178 Å². The van der Waals surface area contributed by atoms with Crippen molar-refractivity contribution in [2.24, 2.45) is 4.99 Å². The fourth-order valence-electron chi connectivity index (χ4n) is 3.03. The molecule has 2 aromatic rings. The summed E-state index contributed by atoms with van der Waals surface area (Å²) in [6, 6.07) is 10.4. The van der Waals surface area contributed by atoms with Gasteiger partial charge in [-0.05, 0) is 26.2 Å². The van der Waals surface area contributed by atoms with Gasteiger partial charge in [-0.3, -0.25) is 9.89 Å². The summed E-state index contributed by atoms with van der Waals surface area (Å²) in [5, 5.41) is 6.71. The van der Waals surface area contributed by atoms with E-state index >= 15 is 0 Å². The van der Waals surface area contributed by atoms with E-state index < -0.39 is 0 Å². The average Bonchev–Trinajstić information content (AvgIpc) is 3.14. The summed E-state index contributed by atoms with van der Waals surface area (Å²) in [5.41, 5.74) is 1.83. The topological polar surface area (TPSA) is 68.9 Å². The molecule has 8 heteroatoms. The van der Waals surface area contributed by atoms with Gasteiger partial charge >= 0.3 is 0 Å². The number of hydrogen-bond acceptors (Lipinski definition) is 5. The van der Waals surface area contributed by atoms with Crippen LogP contribution in [0, 0.1) is 0 Å². The maximum absolute atomic E-state index is 5.57. The number of aliphatic imine (C=N–C) groups is 1. The first-order valence-corrected chi connectivity index (χ1v) is 8.99. The van der Waals surface area contributed by atoms with E-state index in [9.17, 15) is 0 Å². The van der Waals surface area contributed by atoms with Gasteiger partial charge in [-0.25, -0.2) is 4.98 Å². The van der Waals surface area contributed by atoms with Crippen molar-refractivity contribution in [3.05, 3.63) is 42.3 Å². The van der Waals surface area contributed by atoms with E-state index in [4.69, 9.17) is 4.42 Å². The summed E-state index contributed by atoms with van der Waals surface area (Å²) in [4.78, 5) is 13.6. The second kappa shape index (κ2) is 10.6. The molecule has 0 saturated carbocycles. The van der Waals surface area contributed by atoms with Gasteiger partial charge in [-0.2, -0.15) is 0 Å². The lowest BCUT2D eigenvalue weighted by Crippen LogP contribution is -2.55. The van der Waals surface area contributed by atoms with E-state index in [1.807, 2.05) is 30.3 Å². The number of benzene rings is 1. The summed E-state index contributed by atoms with van der Waals surface area (Å²) >= 11 is 0. The molecule has 2 heterocycles. The molecule has 0 radical (unpaired) electrons. The van der Waals surface area contributed by atoms with Crippen molar-refractivity contribution in [1.29, 1.82) is 0 Å². The second-order valence-corrected chi connectivity index (χ2v) is 6.71. The van der Waals surface area contributed by atoms with E-state index in [-0.39, 0.29) is 24.0 Å². The number of aromatic nitrogens is 1. The normalized spacial score (nSPS) is 18.8. The smallest absolute Gasteiger partial charge is 0.226 e. The Bertz CT molecular complexity index is 720. The van der Waals surface area contributed by atoms with Crippen LogP contribution in [0.4, 0.5) is 0 Å². The summed E-state index contributed by atoms with van der Waals surface area (Å²) in [7, 11) is 6.13. The first kappa shape index (κ1) is 21.6. The van der Waals surface area contributed by atoms with Crippen LogP contribution in [0.3, 0.4) is 0 Å². The van der Waals surface area contributed by atoms with Gasteiger partial charge in [0.2, 0.25) is 5.89 Å². The number of nitrogens with one attached hydrogen (secondary N) is 2. The molecule has 1 fully saturated rings. The highest BCUT2D eigenvalue weighted by Crippen LogP contribution is 2.17. The van der Waals surface area contributed by atoms with Crippen molar-refractivity contribution >= 4 is 29.9 Å². The van der Waals surface area contributed by atoms with Gasteiger partial charge in [-0.15, -0.1) is 24.0 Å².